The maximum absolute atomic E-state index is 12.6. The van der Waals surface area contributed by atoms with Gasteiger partial charge in [0.1, 0.15) is 11.9 Å². The largest absolute Gasteiger partial charge is 0.353 e. The lowest BCUT2D eigenvalue weighted by atomic mass is 10.1. The number of pyridine rings is 1. The first-order chi connectivity index (χ1) is 14.1. The smallest absolute Gasteiger partial charge is 0.249 e. The number of nitrogens with one attached hydrogen (secondary N) is 2. The second kappa shape index (κ2) is 8.48. The summed E-state index contributed by atoms with van der Waals surface area (Å²) in [5, 5.41) is 6.00. The Morgan fingerprint density at radius 3 is 2.52 bits per heavy atom. The Morgan fingerprint density at radius 2 is 1.79 bits per heavy atom. The van der Waals surface area contributed by atoms with Gasteiger partial charge in [-0.15, -0.1) is 0 Å². The Hall–Kier alpha value is -3.13. The van der Waals surface area contributed by atoms with Gasteiger partial charge in [0.15, 0.2) is 0 Å². The van der Waals surface area contributed by atoms with Crippen LogP contribution in [0.1, 0.15) is 6.42 Å². The van der Waals surface area contributed by atoms with Crippen LogP contribution in [0.2, 0.25) is 5.02 Å². The Morgan fingerprint density at radius 1 is 1.07 bits per heavy atom. The maximum Gasteiger partial charge on any atom is 0.249 e. The number of amides is 2. The van der Waals surface area contributed by atoms with Crippen LogP contribution in [0.3, 0.4) is 0 Å². The molecular formula is C20H21ClN6O2. The molecule has 29 heavy (non-hydrogen) atoms. The number of para-hydroxylation sites is 1. The number of nitrogens with zero attached hydrogens (tertiary/aromatic N) is 4. The molecule has 150 valence electrons. The average Bonchev–Trinajstić information content (AvgIpc) is 2.75. The van der Waals surface area contributed by atoms with E-state index < -0.39 is 6.04 Å². The van der Waals surface area contributed by atoms with Crippen LogP contribution in [0.5, 0.6) is 0 Å². The van der Waals surface area contributed by atoms with Gasteiger partial charge in [0.25, 0.3) is 0 Å². The van der Waals surface area contributed by atoms with Gasteiger partial charge in [0.2, 0.25) is 17.8 Å². The zero-order chi connectivity index (χ0) is 20.2. The SMILES string of the molecule is O=C1C[C@H](C(=O)Nc2ccccc2Cl)N=C(N2CCN(c3ccccn3)CC2)N1. The molecule has 2 aliphatic heterocycles. The predicted molar refractivity (Wildman–Crippen MR) is 112 cm³/mol. The van der Waals surface area contributed by atoms with Crippen molar-refractivity contribution in [3.8, 4) is 0 Å². The molecule has 1 saturated heterocycles. The van der Waals surface area contributed by atoms with Crippen molar-refractivity contribution in [2.75, 3.05) is 36.4 Å². The van der Waals surface area contributed by atoms with E-state index in [1.165, 1.54) is 0 Å². The minimum atomic E-state index is -0.788. The third-order valence-electron chi connectivity index (χ3n) is 4.89. The van der Waals surface area contributed by atoms with E-state index in [1.807, 2.05) is 23.1 Å². The molecule has 8 nitrogen and oxygen atoms in total. The monoisotopic (exact) mass is 412 g/mol. The number of guanidine groups is 1. The maximum atomic E-state index is 12.6. The number of benzene rings is 1. The highest BCUT2D eigenvalue weighted by molar-refractivity contribution is 6.33. The van der Waals surface area contributed by atoms with Crippen LogP contribution in [-0.2, 0) is 9.59 Å². The van der Waals surface area contributed by atoms with E-state index in [2.05, 4.69) is 25.5 Å². The molecule has 1 aromatic carbocycles. The highest BCUT2D eigenvalue weighted by Crippen LogP contribution is 2.21. The fraction of sp³-hybridized carbons (Fsp3) is 0.300. The molecule has 0 bridgehead atoms. The van der Waals surface area contributed by atoms with Crippen LogP contribution in [-0.4, -0.2) is 59.9 Å². The normalized spacial score (nSPS) is 19.4. The minimum Gasteiger partial charge on any atom is -0.353 e. The number of hydrogen-bond acceptors (Lipinski definition) is 6. The molecule has 0 spiro atoms. The van der Waals surface area contributed by atoms with Crippen LogP contribution in [0.4, 0.5) is 11.5 Å². The number of anilines is 2. The average molecular weight is 413 g/mol. The number of carbonyl (C=O) groups excluding carboxylic acids is 2. The van der Waals surface area contributed by atoms with E-state index >= 15 is 0 Å². The third kappa shape index (κ3) is 4.48. The lowest BCUT2D eigenvalue weighted by Gasteiger charge is -2.38. The molecule has 0 saturated carbocycles. The molecule has 2 N–H and O–H groups in total. The summed E-state index contributed by atoms with van der Waals surface area (Å²) in [5.74, 6) is 0.805. The molecule has 0 radical (unpaired) electrons. The number of piperazine rings is 1. The van der Waals surface area contributed by atoms with Gasteiger partial charge in [0.05, 0.1) is 17.1 Å². The number of hydrogen-bond donors (Lipinski definition) is 2. The van der Waals surface area contributed by atoms with Crippen molar-refractivity contribution in [3.63, 3.8) is 0 Å². The molecule has 3 heterocycles. The van der Waals surface area contributed by atoms with Crippen LogP contribution < -0.4 is 15.5 Å². The van der Waals surface area contributed by atoms with E-state index in [-0.39, 0.29) is 18.2 Å². The molecule has 9 heteroatoms. The van der Waals surface area contributed by atoms with Gasteiger partial charge in [-0.25, -0.2) is 9.98 Å². The van der Waals surface area contributed by atoms with Crippen LogP contribution in [0.25, 0.3) is 0 Å². The van der Waals surface area contributed by atoms with Crippen molar-refractivity contribution in [2.24, 2.45) is 4.99 Å². The Kier molecular flexibility index (Phi) is 5.62. The summed E-state index contributed by atoms with van der Waals surface area (Å²) in [7, 11) is 0. The first kappa shape index (κ1) is 19.2. The molecule has 0 unspecified atom stereocenters. The zero-order valence-electron chi connectivity index (χ0n) is 15.7. The van der Waals surface area contributed by atoms with E-state index in [0.29, 0.717) is 29.8 Å². The van der Waals surface area contributed by atoms with Crippen LogP contribution in [0, 0.1) is 0 Å². The van der Waals surface area contributed by atoms with Gasteiger partial charge in [-0.3, -0.25) is 14.9 Å². The quantitative estimate of drug-likeness (QED) is 0.801. The summed E-state index contributed by atoms with van der Waals surface area (Å²) < 4.78 is 0. The van der Waals surface area contributed by atoms with Crippen molar-refractivity contribution in [1.29, 1.82) is 0 Å². The predicted octanol–water partition coefficient (Wildman–Crippen LogP) is 1.74. The minimum absolute atomic E-state index is 0.00763. The molecule has 0 aliphatic carbocycles. The highest BCUT2D eigenvalue weighted by Gasteiger charge is 2.31. The zero-order valence-corrected chi connectivity index (χ0v) is 16.5. The molecule has 2 amide bonds. The van der Waals surface area contributed by atoms with E-state index in [9.17, 15) is 9.59 Å². The first-order valence-electron chi connectivity index (χ1n) is 9.44. The molecule has 1 aromatic heterocycles. The molecule has 4 rings (SSSR count). The summed E-state index contributed by atoms with van der Waals surface area (Å²) >= 11 is 6.10. The van der Waals surface area contributed by atoms with Crippen LogP contribution >= 0.6 is 11.6 Å². The third-order valence-corrected chi connectivity index (χ3v) is 5.22. The highest BCUT2D eigenvalue weighted by atomic mass is 35.5. The van der Waals surface area contributed by atoms with Gasteiger partial charge in [-0.2, -0.15) is 0 Å². The van der Waals surface area contributed by atoms with Gasteiger partial charge < -0.3 is 15.1 Å². The van der Waals surface area contributed by atoms with Crippen molar-refractivity contribution in [2.45, 2.75) is 12.5 Å². The standard InChI is InChI=1S/C20H21ClN6O2/c21-14-5-1-2-6-15(14)23-19(29)16-13-18(28)25-20(24-16)27-11-9-26(10-12-27)17-7-3-4-8-22-17/h1-8,16H,9-13H2,(H,23,29)(H,24,25,28)/t16-/m1/s1. The van der Waals surface area contributed by atoms with E-state index in [1.54, 1.807) is 30.5 Å². The summed E-state index contributed by atoms with van der Waals surface area (Å²) in [6, 6.07) is 12.0. The van der Waals surface area contributed by atoms with Gasteiger partial charge in [-0.1, -0.05) is 29.8 Å². The second-order valence-corrected chi connectivity index (χ2v) is 7.26. The molecule has 2 aliphatic rings. The fourth-order valence-electron chi connectivity index (χ4n) is 3.36. The Balaban J connectivity index is 1.42. The summed E-state index contributed by atoms with van der Waals surface area (Å²) in [4.78, 5) is 37.9. The second-order valence-electron chi connectivity index (χ2n) is 6.85. The fourth-order valence-corrected chi connectivity index (χ4v) is 3.54. The number of halogens is 1. The van der Waals surface area contributed by atoms with Gasteiger partial charge >= 0.3 is 0 Å². The number of rotatable bonds is 3. The molecule has 2 aromatic rings. The lowest BCUT2D eigenvalue weighted by molar-refractivity contribution is -0.125. The van der Waals surface area contributed by atoms with Crippen molar-refractivity contribution >= 4 is 40.9 Å². The molecule has 1 fully saturated rings. The number of carbonyl (C=O) groups is 2. The Labute approximate surface area is 173 Å². The summed E-state index contributed by atoms with van der Waals surface area (Å²) in [6.45, 7) is 2.86. The van der Waals surface area contributed by atoms with E-state index in [0.717, 1.165) is 18.9 Å². The topological polar surface area (TPSA) is 89.9 Å². The molecular weight excluding hydrogens is 392 g/mol. The summed E-state index contributed by atoms with van der Waals surface area (Å²) in [6.07, 6.45) is 1.78. The first-order valence-corrected chi connectivity index (χ1v) is 9.82. The Bertz CT molecular complexity index is 928. The number of aromatic nitrogens is 1. The van der Waals surface area contributed by atoms with Gasteiger partial charge in [-0.05, 0) is 24.3 Å². The van der Waals surface area contributed by atoms with Crippen molar-refractivity contribution < 1.29 is 9.59 Å². The summed E-state index contributed by atoms with van der Waals surface area (Å²) in [5.41, 5.74) is 0.505. The van der Waals surface area contributed by atoms with Crippen molar-refractivity contribution in [1.82, 2.24) is 15.2 Å². The van der Waals surface area contributed by atoms with Crippen LogP contribution in [0.15, 0.2) is 53.7 Å². The lowest BCUT2D eigenvalue weighted by Crippen LogP contribution is -2.56. The molecule has 1 atom stereocenters. The van der Waals surface area contributed by atoms with Gasteiger partial charge in [0, 0.05) is 32.4 Å². The van der Waals surface area contributed by atoms with E-state index in [4.69, 9.17) is 11.6 Å². The van der Waals surface area contributed by atoms with Crippen molar-refractivity contribution in [3.05, 3.63) is 53.7 Å². The number of aliphatic imine (C=N–C) groups is 1.